The van der Waals surface area contributed by atoms with Gasteiger partial charge in [0.2, 0.25) is 0 Å². The van der Waals surface area contributed by atoms with Crippen LogP contribution < -0.4 is 4.74 Å². The minimum absolute atomic E-state index is 0.106. The molecule has 0 aromatic heterocycles. The molecule has 30 heavy (non-hydrogen) atoms. The molecule has 0 amide bonds. The summed E-state index contributed by atoms with van der Waals surface area (Å²) < 4.78 is 5.61. The van der Waals surface area contributed by atoms with Crippen LogP contribution in [0.25, 0.3) is 0 Å². The van der Waals surface area contributed by atoms with Crippen LogP contribution in [0.4, 0.5) is 0 Å². The van der Waals surface area contributed by atoms with Gasteiger partial charge in [0.15, 0.2) is 0 Å². The third-order valence-corrected chi connectivity index (χ3v) is 5.55. The van der Waals surface area contributed by atoms with E-state index >= 15 is 0 Å². The Kier molecular flexibility index (Phi) is 9.07. The van der Waals surface area contributed by atoms with Gasteiger partial charge in [-0.3, -0.25) is 9.69 Å². The number of nitrogens with zero attached hydrogens (tertiary/aromatic N) is 1. The third-order valence-electron chi connectivity index (χ3n) is 5.55. The lowest BCUT2D eigenvalue weighted by Crippen LogP contribution is -2.38. The molecule has 0 saturated heterocycles. The molecule has 0 fully saturated rings. The molecular weight excluding hydrogens is 374 g/mol. The summed E-state index contributed by atoms with van der Waals surface area (Å²) in [6, 6.07) is 18.3. The van der Waals surface area contributed by atoms with E-state index in [1.54, 1.807) is 19.9 Å². The predicted octanol–water partition coefficient (Wildman–Crippen LogP) is 5.57. The van der Waals surface area contributed by atoms with E-state index in [4.69, 9.17) is 4.74 Å². The summed E-state index contributed by atoms with van der Waals surface area (Å²) in [4.78, 5) is 14.6. The molecule has 0 aliphatic carbocycles. The van der Waals surface area contributed by atoms with Crippen molar-refractivity contribution in [3.8, 4) is 5.75 Å². The molecule has 4 heteroatoms. The number of aliphatic hydroxyl groups is 1. The molecule has 0 heterocycles. The summed E-state index contributed by atoms with van der Waals surface area (Å²) in [5.74, 6) is -0.193. The second-order valence-electron chi connectivity index (χ2n) is 8.79. The molecule has 0 aliphatic heterocycles. The maximum atomic E-state index is 12.2. The van der Waals surface area contributed by atoms with Gasteiger partial charge in [-0.15, -0.1) is 0 Å². The van der Waals surface area contributed by atoms with Crippen LogP contribution in [0.1, 0.15) is 71.1 Å². The fourth-order valence-corrected chi connectivity index (χ4v) is 3.87. The smallest absolute Gasteiger partial charge is 0.313 e. The van der Waals surface area contributed by atoms with Gasteiger partial charge in [-0.2, -0.15) is 0 Å². The van der Waals surface area contributed by atoms with Crippen LogP contribution in [0, 0.1) is 5.92 Å². The van der Waals surface area contributed by atoms with Crippen LogP contribution in [0.5, 0.6) is 5.75 Å². The van der Waals surface area contributed by atoms with Crippen molar-refractivity contribution in [3.63, 3.8) is 0 Å². The molecule has 2 aromatic rings. The van der Waals surface area contributed by atoms with Crippen LogP contribution in [-0.2, 0) is 4.79 Å². The monoisotopic (exact) mass is 411 g/mol. The first kappa shape index (κ1) is 24.1. The second kappa shape index (κ2) is 11.3. The van der Waals surface area contributed by atoms with Gasteiger partial charge < -0.3 is 9.84 Å². The lowest BCUT2D eigenvalue weighted by molar-refractivity contribution is -0.137. The molecule has 2 atom stereocenters. The summed E-state index contributed by atoms with van der Waals surface area (Å²) in [5.41, 5.74) is 1.74. The zero-order chi connectivity index (χ0) is 22.3. The van der Waals surface area contributed by atoms with Crippen molar-refractivity contribution in [3.05, 3.63) is 65.7 Å². The van der Waals surface area contributed by atoms with E-state index in [0.717, 1.165) is 18.5 Å². The molecule has 1 N–H and O–H groups in total. The summed E-state index contributed by atoms with van der Waals surface area (Å²) in [5, 5.41) is 11.4. The van der Waals surface area contributed by atoms with Crippen molar-refractivity contribution in [1.29, 1.82) is 0 Å². The molecular formula is C26H37NO3. The van der Waals surface area contributed by atoms with E-state index in [2.05, 4.69) is 44.7 Å². The quantitative estimate of drug-likeness (QED) is 0.410. The Balaban J connectivity index is 2.34. The maximum Gasteiger partial charge on any atom is 0.313 e. The number of hydrogen-bond donors (Lipinski definition) is 1. The molecule has 4 nitrogen and oxygen atoms in total. The molecule has 2 aromatic carbocycles. The van der Waals surface area contributed by atoms with Crippen molar-refractivity contribution in [2.45, 2.75) is 72.1 Å². The average molecular weight is 412 g/mol. The minimum Gasteiger partial charge on any atom is -0.426 e. The maximum absolute atomic E-state index is 12.2. The van der Waals surface area contributed by atoms with Gasteiger partial charge in [-0.1, -0.05) is 62.4 Å². The van der Waals surface area contributed by atoms with E-state index in [1.807, 2.05) is 36.4 Å². The van der Waals surface area contributed by atoms with Crippen LogP contribution in [0.15, 0.2) is 54.6 Å². The highest BCUT2D eigenvalue weighted by Crippen LogP contribution is 2.38. The molecule has 0 radical (unpaired) electrons. The Hall–Kier alpha value is -2.17. The lowest BCUT2D eigenvalue weighted by atomic mass is 9.86. The van der Waals surface area contributed by atoms with Gasteiger partial charge in [0.25, 0.3) is 0 Å². The number of para-hydroxylation sites is 1. The minimum atomic E-state index is -0.773. The number of carbonyl (C=O) groups is 1. The summed E-state index contributed by atoms with van der Waals surface area (Å²) in [6.45, 7) is 13.3. The highest BCUT2D eigenvalue weighted by atomic mass is 16.5. The van der Waals surface area contributed by atoms with Gasteiger partial charge in [-0.25, -0.2) is 0 Å². The Bertz CT molecular complexity index is 778. The number of rotatable bonds is 10. The van der Waals surface area contributed by atoms with Crippen molar-refractivity contribution in [2.75, 3.05) is 6.54 Å². The zero-order valence-electron chi connectivity index (χ0n) is 19.2. The molecule has 1 unspecified atom stereocenters. The first-order valence-corrected chi connectivity index (χ1v) is 11.0. The number of carbonyl (C=O) groups excluding carboxylic acids is 1. The van der Waals surface area contributed by atoms with Crippen molar-refractivity contribution >= 4 is 5.97 Å². The first-order chi connectivity index (χ1) is 14.2. The normalized spacial score (nSPS) is 13.8. The fraction of sp³-hybridized carbons (Fsp3) is 0.500. The van der Waals surface area contributed by atoms with Gasteiger partial charge >= 0.3 is 5.97 Å². The number of hydrogen-bond acceptors (Lipinski definition) is 4. The standard InChI is InChI=1S/C26H37NO3/c1-18(2)26(29)30-24-15-11-10-14-23(24)25(28)22(21-12-8-7-9-13-21)16-17-27(19(3)4)20(5)6/h7-15,18-20,22,25,28H,16-17H2,1-6H3/t22-,25?/m1/s1. The molecule has 0 bridgehead atoms. The molecule has 0 aliphatic rings. The van der Waals surface area contributed by atoms with Crippen LogP contribution in [0.3, 0.4) is 0 Å². The van der Waals surface area contributed by atoms with E-state index in [0.29, 0.717) is 23.4 Å². The number of esters is 1. The topological polar surface area (TPSA) is 49.8 Å². The Morgan fingerprint density at radius 1 is 0.900 bits per heavy atom. The van der Waals surface area contributed by atoms with Gasteiger partial charge in [0.05, 0.1) is 12.0 Å². The van der Waals surface area contributed by atoms with Gasteiger partial charge in [-0.05, 0) is 52.3 Å². The number of benzene rings is 2. The van der Waals surface area contributed by atoms with Gasteiger partial charge in [0, 0.05) is 23.6 Å². The highest BCUT2D eigenvalue weighted by Gasteiger charge is 2.27. The van der Waals surface area contributed by atoms with Crippen LogP contribution in [0.2, 0.25) is 0 Å². The molecule has 164 valence electrons. The second-order valence-corrected chi connectivity index (χ2v) is 8.79. The molecule has 0 spiro atoms. The van der Waals surface area contributed by atoms with Crippen molar-refractivity contribution < 1.29 is 14.6 Å². The summed E-state index contributed by atoms with van der Waals surface area (Å²) in [6.07, 6.45) is 0.0262. The summed E-state index contributed by atoms with van der Waals surface area (Å²) in [7, 11) is 0. The Morgan fingerprint density at radius 3 is 2.03 bits per heavy atom. The van der Waals surface area contributed by atoms with E-state index < -0.39 is 6.10 Å². The highest BCUT2D eigenvalue weighted by molar-refractivity contribution is 5.74. The number of ether oxygens (including phenoxy) is 1. The van der Waals surface area contributed by atoms with E-state index in [1.165, 1.54) is 0 Å². The fourth-order valence-electron chi connectivity index (χ4n) is 3.87. The van der Waals surface area contributed by atoms with Crippen LogP contribution >= 0.6 is 0 Å². The van der Waals surface area contributed by atoms with Crippen molar-refractivity contribution in [1.82, 2.24) is 4.90 Å². The lowest BCUT2D eigenvalue weighted by Gasteiger charge is -2.33. The number of aliphatic hydroxyl groups excluding tert-OH is 1. The summed E-state index contributed by atoms with van der Waals surface area (Å²) >= 11 is 0. The first-order valence-electron chi connectivity index (χ1n) is 11.0. The van der Waals surface area contributed by atoms with Crippen LogP contribution in [-0.4, -0.2) is 34.6 Å². The SMILES string of the molecule is CC(C)C(=O)Oc1ccccc1C(O)[C@H](CCN(C(C)C)C(C)C)c1ccccc1. The average Bonchev–Trinajstić information content (AvgIpc) is 2.71. The molecule has 0 saturated carbocycles. The zero-order valence-corrected chi connectivity index (χ0v) is 19.2. The predicted molar refractivity (Wildman–Crippen MR) is 123 cm³/mol. The molecule has 2 rings (SSSR count). The van der Waals surface area contributed by atoms with E-state index in [9.17, 15) is 9.90 Å². The Morgan fingerprint density at radius 2 is 1.47 bits per heavy atom. The third kappa shape index (κ3) is 6.41. The van der Waals surface area contributed by atoms with Gasteiger partial charge in [0.1, 0.15) is 5.75 Å². The largest absolute Gasteiger partial charge is 0.426 e. The van der Waals surface area contributed by atoms with E-state index in [-0.39, 0.29) is 17.8 Å². The Labute approximate surface area is 181 Å². The van der Waals surface area contributed by atoms with Crippen molar-refractivity contribution in [2.24, 2.45) is 5.92 Å².